The number of nitrogens with one attached hydrogen (secondary N) is 3. The number of thioether (sulfide) groups is 1. The molecule has 4 nitrogen and oxygen atoms in total. The normalized spacial score (nSPS) is 19.5. The van der Waals surface area contributed by atoms with Gasteiger partial charge >= 0.3 is 0 Å². The summed E-state index contributed by atoms with van der Waals surface area (Å²) in [5.74, 6) is 0.666. The lowest BCUT2D eigenvalue weighted by Crippen LogP contribution is -2.31. The number of rotatable bonds is 4. The Hall–Kier alpha value is -0.880. The average molecular weight is 251 g/mol. The van der Waals surface area contributed by atoms with Crippen molar-refractivity contribution in [2.24, 2.45) is 0 Å². The van der Waals surface area contributed by atoms with Crippen LogP contribution in [0, 0.1) is 13.8 Å². The smallest absolute Gasteiger partial charge is 0.173 e. The molecule has 0 amide bonds. The van der Waals surface area contributed by atoms with Crippen molar-refractivity contribution in [3.8, 4) is 0 Å². The minimum absolute atomic E-state index is 0.115. The second-order valence-corrected chi connectivity index (χ2v) is 5.23. The van der Waals surface area contributed by atoms with Gasteiger partial charge in [0.15, 0.2) is 5.78 Å². The van der Waals surface area contributed by atoms with Crippen LogP contribution >= 0.6 is 11.8 Å². The van der Waals surface area contributed by atoms with E-state index in [0.29, 0.717) is 5.75 Å². The first-order valence-electron chi connectivity index (χ1n) is 5.60. The van der Waals surface area contributed by atoms with Gasteiger partial charge in [0.1, 0.15) is 5.50 Å². The van der Waals surface area contributed by atoms with Crippen LogP contribution in [0.4, 0.5) is 0 Å². The Morgan fingerprint density at radius 1 is 1.47 bits per heavy atom. The highest BCUT2D eigenvalue weighted by atomic mass is 32.2. The highest BCUT2D eigenvalue weighted by molar-refractivity contribution is 8.00. The van der Waals surface area contributed by atoms with Crippen LogP contribution in [-0.2, 0) is 0 Å². The molecule has 0 radical (unpaired) electrons. The van der Waals surface area contributed by atoms with E-state index in [1.807, 2.05) is 32.0 Å². The Balaban J connectivity index is 1.94. The average Bonchev–Trinajstić information content (AvgIpc) is 2.78. The molecule has 5 heteroatoms. The van der Waals surface area contributed by atoms with Gasteiger partial charge in [-0.15, -0.1) is 11.8 Å². The molecule has 1 saturated heterocycles. The van der Waals surface area contributed by atoms with Crippen molar-refractivity contribution in [3.05, 3.63) is 34.9 Å². The molecule has 1 unspecified atom stereocenters. The van der Waals surface area contributed by atoms with Crippen LogP contribution in [0.3, 0.4) is 0 Å². The maximum absolute atomic E-state index is 12.0. The summed E-state index contributed by atoms with van der Waals surface area (Å²) in [5.41, 5.74) is 9.19. The summed E-state index contributed by atoms with van der Waals surface area (Å²) < 4.78 is 0. The molecule has 92 valence electrons. The number of benzene rings is 1. The van der Waals surface area contributed by atoms with E-state index in [1.54, 1.807) is 11.8 Å². The van der Waals surface area contributed by atoms with E-state index in [9.17, 15) is 4.79 Å². The van der Waals surface area contributed by atoms with Gasteiger partial charge < -0.3 is 0 Å². The molecule has 0 aliphatic carbocycles. The van der Waals surface area contributed by atoms with Gasteiger partial charge in [0.2, 0.25) is 0 Å². The quantitative estimate of drug-likeness (QED) is 0.701. The fourth-order valence-corrected chi connectivity index (χ4v) is 2.64. The van der Waals surface area contributed by atoms with Crippen LogP contribution in [0.5, 0.6) is 0 Å². The maximum Gasteiger partial charge on any atom is 0.173 e. The van der Waals surface area contributed by atoms with E-state index in [-0.39, 0.29) is 11.3 Å². The number of carbonyl (C=O) groups excluding carboxylic acids is 1. The van der Waals surface area contributed by atoms with E-state index < -0.39 is 0 Å². The molecule has 1 aromatic carbocycles. The number of hydrazine groups is 1. The summed E-state index contributed by atoms with van der Waals surface area (Å²) in [6.07, 6.45) is 0. The van der Waals surface area contributed by atoms with E-state index in [0.717, 1.165) is 17.8 Å². The lowest BCUT2D eigenvalue weighted by atomic mass is 10.0. The van der Waals surface area contributed by atoms with Crippen molar-refractivity contribution >= 4 is 17.5 Å². The van der Waals surface area contributed by atoms with E-state index >= 15 is 0 Å². The molecule has 1 aliphatic heterocycles. The second kappa shape index (κ2) is 5.64. The molecule has 0 saturated carbocycles. The van der Waals surface area contributed by atoms with Gasteiger partial charge in [-0.25, -0.2) is 10.9 Å². The van der Waals surface area contributed by atoms with E-state index in [2.05, 4.69) is 16.2 Å². The zero-order chi connectivity index (χ0) is 12.3. The number of aryl methyl sites for hydroxylation is 2. The highest BCUT2D eigenvalue weighted by Gasteiger charge is 2.16. The van der Waals surface area contributed by atoms with Crippen molar-refractivity contribution in [3.63, 3.8) is 0 Å². The monoisotopic (exact) mass is 251 g/mol. The van der Waals surface area contributed by atoms with Gasteiger partial charge in [-0.2, -0.15) is 0 Å². The topological polar surface area (TPSA) is 53.2 Å². The van der Waals surface area contributed by atoms with Gasteiger partial charge in [0.05, 0.1) is 12.4 Å². The molecule has 1 aliphatic rings. The largest absolute Gasteiger partial charge is 0.293 e. The van der Waals surface area contributed by atoms with Crippen LogP contribution in [0.15, 0.2) is 18.2 Å². The minimum Gasteiger partial charge on any atom is -0.293 e. The third-order valence-corrected chi connectivity index (χ3v) is 3.72. The van der Waals surface area contributed by atoms with Gasteiger partial charge in [-0.3, -0.25) is 10.1 Å². The van der Waals surface area contributed by atoms with E-state index in [1.165, 1.54) is 5.56 Å². The van der Waals surface area contributed by atoms with Crippen LogP contribution in [0.1, 0.15) is 21.5 Å². The third-order valence-electron chi connectivity index (χ3n) is 2.67. The van der Waals surface area contributed by atoms with Crippen LogP contribution in [0.2, 0.25) is 0 Å². The summed E-state index contributed by atoms with van der Waals surface area (Å²) in [6, 6.07) is 5.95. The molecule has 1 fully saturated rings. The molecule has 1 heterocycles. The Kier molecular flexibility index (Phi) is 4.17. The predicted octanol–water partition coefficient (Wildman–Crippen LogP) is 1.16. The number of hydrogen-bond acceptors (Lipinski definition) is 5. The summed E-state index contributed by atoms with van der Waals surface area (Å²) in [4.78, 5) is 12.0. The fraction of sp³-hybridized carbons (Fsp3) is 0.417. The lowest BCUT2D eigenvalue weighted by molar-refractivity contribution is 0.102. The zero-order valence-corrected chi connectivity index (χ0v) is 10.9. The number of carbonyl (C=O) groups is 1. The lowest BCUT2D eigenvalue weighted by Gasteiger charge is -2.10. The molecule has 0 spiro atoms. The Morgan fingerprint density at radius 3 is 2.94 bits per heavy atom. The van der Waals surface area contributed by atoms with Gasteiger partial charge in [0, 0.05) is 5.56 Å². The van der Waals surface area contributed by atoms with Crippen molar-refractivity contribution in [1.82, 2.24) is 16.2 Å². The molecule has 1 aromatic rings. The molecule has 0 bridgehead atoms. The van der Waals surface area contributed by atoms with Crippen LogP contribution in [-0.4, -0.2) is 23.7 Å². The van der Waals surface area contributed by atoms with Gasteiger partial charge in [0.25, 0.3) is 0 Å². The maximum atomic E-state index is 12.0. The first-order chi connectivity index (χ1) is 8.16. The SMILES string of the molecule is Cc1ccc(C(=O)CSC2NCNN2)c(C)c1. The minimum atomic E-state index is 0.115. The third kappa shape index (κ3) is 3.29. The molecular weight excluding hydrogens is 234 g/mol. The fourth-order valence-electron chi connectivity index (χ4n) is 1.80. The molecule has 17 heavy (non-hydrogen) atoms. The van der Waals surface area contributed by atoms with Crippen molar-refractivity contribution < 1.29 is 4.79 Å². The van der Waals surface area contributed by atoms with Crippen molar-refractivity contribution in [2.75, 3.05) is 12.4 Å². The molecule has 1 atom stereocenters. The van der Waals surface area contributed by atoms with Crippen LogP contribution < -0.4 is 16.2 Å². The van der Waals surface area contributed by atoms with E-state index in [4.69, 9.17) is 0 Å². The van der Waals surface area contributed by atoms with Gasteiger partial charge in [-0.1, -0.05) is 23.8 Å². The first kappa shape index (κ1) is 12.6. The summed E-state index contributed by atoms with van der Waals surface area (Å²) >= 11 is 1.57. The predicted molar refractivity (Wildman–Crippen MR) is 70.8 cm³/mol. The molecular formula is C12H17N3OS. The molecule has 2 rings (SSSR count). The number of Topliss-reactive ketones (excluding diaryl/α,β-unsaturated/α-hetero) is 1. The Bertz CT molecular complexity index is 416. The second-order valence-electron chi connectivity index (χ2n) is 4.13. The number of hydrogen-bond donors (Lipinski definition) is 3. The Labute approximate surface area is 106 Å². The van der Waals surface area contributed by atoms with Crippen molar-refractivity contribution in [1.29, 1.82) is 0 Å². The summed E-state index contributed by atoms with van der Waals surface area (Å²) in [5, 5.41) is 3.18. The number of ketones is 1. The summed E-state index contributed by atoms with van der Waals surface area (Å²) in [6.45, 7) is 4.75. The standard InChI is InChI=1S/C12H17N3OS/c1-8-3-4-10(9(2)5-8)11(16)6-17-12-13-7-14-15-12/h3-5,12-15H,6-7H2,1-2H3. The van der Waals surface area contributed by atoms with Gasteiger partial charge in [-0.05, 0) is 19.4 Å². The summed E-state index contributed by atoms with van der Waals surface area (Å²) in [7, 11) is 0. The highest BCUT2D eigenvalue weighted by Crippen LogP contribution is 2.15. The molecule has 3 N–H and O–H groups in total. The first-order valence-corrected chi connectivity index (χ1v) is 6.65. The van der Waals surface area contributed by atoms with Crippen molar-refractivity contribution in [2.45, 2.75) is 19.3 Å². The van der Waals surface area contributed by atoms with Crippen LogP contribution in [0.25, 0.3) is 0 Å². The zero-order valence-electron chi connectivity index (χ0n) is 10.0. The molecule has 0 aromatic heterocycles. The Morgan fingerprint density at radius 2 is 2.29 bits per heavy atom.